The molecule has 1 fully saturated rings. The zero-order chi connectivity index (χ0) is 9.14. The first-order chi connectivity index (χ1) is 5.63. The van der Waals surface area contributed by atoms with Gasteiger partial charge in [0, 0.05) is 19.6 Å². The standard InChI is InChI=1S/C8H18N2OS/c1-6-2-8(12)10(4-6)5-7(11)3-9/h6-8,11-12H,2-5,9H2,1H3. The second-order valence-electron chi connectivity index (χ2n) is 3.66. The summed E-state index contributed by atoms with van der Waals surface area (Å²) in [5.74, 6) is 0.692. The van der Waals surface area contributed by atoms with Gasteiger partial charge in [-0.3, -0.25) is 4.90 Å². The number of thiol groups is 1. The Morgan fingerprint density at radius 3 is 2.83 bits per heavy atom. The lowest BCUT2D eigenvalue weighted by molar-refractivity contribution is 0.126. The van der Waals surface area contributed by atoms with Crippen molar-refractivity contribution < 1.29 is 5.11 Å². The molecular weight excluding hydrogens is 172 g/mol. The first-order valence-corrected chi connectivity index (χ1v) is 4.95. The molecule has 0 spiro atoms. The Morgan fingerprint density at radius 1 is 1.75 bits per heavy atom. The van der Waals surface area contributed by atoms with E-state index in [1.165, 1.54) is 0 Å². The molecule has 3 atom stereocenters. The maximum absolute atomic E-state index is 9.32. The van der Waals surface area contributed by atoms with Crippen LogP contribution in [0.1, 0.15) is 13.3 Å². The van der Waals surface area contributed by atoms with Gasteiger partial charge in [-0.2, -0.15) is 12.6 Å². The van der Waals surface area contributed by atoms with Gasteiger partial charge in [0.2, 0.25) is 0 Å². The molecule has 3 unspecified atom stereocenters. The van der Waals surface area contributed by atoms with Crippen molar-refractivity contribution in [1.82, 2.24) is 4.90 Å². The van der Waals surface area contributed by atoms with Gasteiger partial charge in [0.05, 0.1) is 11.5 Å². The molecule has 1 aliphatic heterocycles. The van der Waals surface area contributed by atoms with E-state index in [1.54, 1.807) is 0 Å². The van der Waals surface area contributed by atoms with Crippen LogP contribution < -0.4 is 5.73 Å². The van der Waals surface area contributed by atoms with E-state index in [0.717, 1.165) is 13.0 Å². The highest BCUT2D eigenvalue weighted by molar-refractivity contribution is 7.80. The van der Waals surface area contributed by atoms with E-state index in [-0.39, 0.29) is 0 Å². The fraction of sp³-hybridized carbons (Fsp3) is 1.00. The van der Waals surface area contributed by atoms with Crippen molar-refractivity contribution in [2.45, 2.75) is 24.8 Å². The topological polar surface area (TPSA) is 49.5 Å². The quantitative estimate of drug-likeness (QED) is 0.545. The molecule has 0 radical (unpaired) electrons. The zero-order valence-electron chi connectivity index (χ0n) is 7.48. The van der Waals surface area contributed by atoms with Crippen molar-refractivity contribution >= 4 is 12.6 Å². The predicted molar refractivity (Wildman–Crippen MR) is 53.2 cm³/mol. The van der Waals surface area contributed by atoms with Crippen LogP contribution in [0.4, 0.5) is 0 Å². The maximum atomic E-state index is 9.32. The van der Waals surface area contributed by atoms with E-state index < -0.39 is 6.10 Å². The second-order valence-corrected chi connectivity index (χ2v) is 4.26. The molecule has 0 aliphatic carbocycles. The average molecular weight is 190 g/mol. The largest absolute Gasteiger partial charge is 0.390 e. The molecule has 0 amide bonds. The van der Waals surface area contributed by atoms with E-state index in [4.69, 9.17) is 5.73 Å². The number of β-amino-alcohol motifs (C(OH)–C–C–N with tert-alkyl or cyclic N) is 1. The minimum absolute atomic E-state index is 0.307. The van der Waals surface area contributed by atoms with Crippen LogP contribution in [-0.4, -0.2) is 41.1 Å². The van der Waals surface area contributed by atoms with Crippen LogP contribution in [0.2, 0.25) is 0 Å². The van der Waals surface area contributed by atoms with Gasteiger partial charge in [0.25, 0.3) is 0 Å². The molecule has 3 N–H and O–H groups in total. The summed E-state index contributed by atoms with van der Waals surface area (Å²) in [7, 11) is 0. The third-order valence-corrected chi connectivity index (χ3v) is 2.84. The third kappa shape index (κ3) is 2.62. The smallest absolute Gasteiger partial charge is 0.0789 e. The maximum Gasteiger partial charge on any atom is 0.0789 e. The average Bonchev–Trinajstić information content (AvgIpc) is 2.30. The number of nitrogens with two attached hydrogens (primary N) is 1. The molecule has 0 saturated carbocycles. The van der Waals surface area contributed by atoms with Crippen LogP contribution in [0.15, 0.2) is 0 Å². The van der Waals surface area contributed by atoms with Crippen molar-refractivity contribution in [3.05, 3.63) is 0 Å². The van der Waals surface area contributed by atoms with Gasteiger partial charge in [0.1, 0.15) is 0 Å². The van der Waals surface area contributed by atoms with Crippen molar-refractivity contribution in [1.29, 1.82) is 0 Å². The Balaban J connectivity index is 2.32. The summed E-state index contributed by atoms with van der Waals surface area (Å²) < 4.78 is 0. The molecule has 12 heavy (non-hydrogen) atoms. The molecule has 4 heteroatoms. The Labute approximate surface area is 79.3 Å². The van der Waals surface area contributed by atoms with Crippen LogP contribution in [0.25, 0.3) is 0 Å². The highest BCUT2D eigenvalue weighted by atomic mass is 32.1. The molecule has 1 heterocycles. The molecule has 3 nitrogen and oxygen atoms in total. The van der Waals surface area contributed by atoms with Gasteiger partial charge in [-0.05, 0) is 12.3 Å². The lowest BCUT2D eigenvalue weighted by atomic mass is 10.2. The minimum Gasteiger partial charge on any atom is -0.390 e. The summed E-state index contributed by atoms with van der Waals surface area (Å²) in [6.07, 6.45) is 0.713. The molecule has 0 aromatic rings. The fourth-order valence-corrected chi connectivity index (χ4v) is 2.20. The molecule has 0 bridgehead atoms. The number of hydrogen-bond donors (Lipinski definition) is 3. The number of nitrogens with zero attached hydrogens (tertiary/aromatic N) is 1. The number of rotatable bonds is 3. The Kier molecular flexibility index (Phi) is 3.83. The van der Waals surface area contributed by atoms with Crippen molar-refractivity contribution in [3.63, 3.8) is 0 Å². The predicted octanol–water partition coefficient (Wildman–Crippen LogP) is -0.0963. The number of aliphatic hydroxyl groups excluding tert-OH is 1. The van der Waals surface area contributed by atoms with Crippen molar-refractivity contribution in [2.24, 2.45) is 11.7 Å². The highest BCUT2D eigenvalue weighted by Gasteiger charge is 2.27. The first-order valence-electron chi connectivity index (χ1n) is 4.43. The fourth-order valence-electron chi connectivity index (χ4n) is 1.65. The molecule has 1 saturated heterocycles. The van der Waals surface area contributed by atoms with Crippen molar-refractivity contribution in [3.8, 4) is 0 Å². The van der Waals surface area contributed by atoms with Gasteiger partial charge < -0.3 is 10.8 Å². The summed E-state index contributed by atoms with van der Waals surface area (Å²) in [6, 6.07) is 0. The van der Waals surface area contributed by atoms with Crippen LogP contribution in [0.5, 0.6) is 0 Å². The SMILES string of the molecule is CC1CC(S)N(CC(O)CN)C1. The third-order valence-electron chi connectivity index (χ3n) is 2.30. The molecule has 72 valence electrons. The lowest BCUT2D eigenvalue weighted by Crippen LogP contribution is -2.37. The minimum atomic E-state index is -0.398. The first kappa shape index (κ1) is 10.3. The normalized spacial score (nSPS) is 34.0. The van der Waals surface area contributed by atoms with E-state index in [0.29, 0.717) is 24.4 Å². The molecular formula is C8H18N2OS. The monoisotopic (exact) mass is 190 g/mol. The lowest BCUT2D eigenvalue weighted by Gasteiger charge is -2.22. The number of aliphatic hydroxyl groups is 1. The summed E-state index contributed by atoms with van der Waals surface area (Å²) in [5, 5.41) is 9.63. The highest BCUT2D eigenvalue weighted by Crippen LogP contribution is 2.24. The van der Waals surface area contributed by atoms with Gasteiger partial charge in [-0.15, -0.1) is 0 Å². The van der Waals surface area contributed by atoms with Gasteiger partial charge in [-0.1, -0.05) is 6.92 Å². The Bertz CT molecular complexity index is 145. The zero-order valence-corrected chi connectivity index (χ0v) is 8.37. The summed E-state index contributed by atoms with van der Waals surface area (Å²) >= 11 is 4.43. The van der Waals surface area contributed by atoms with Crippen LogP contribution in [0.3, 0.4) is 0 Å². The van der Waals surface area contributed by atoms with E-state index in [1.807, 2.05) is 0 Å². The Hall–Kier alpha value is 0.230. The van der Waals surface area contributed by atoms with Crippen LogP contribution in [0, 0.1) is 5.92 Å². The molecule has 1 aliphatic rings. The number of likely N-dealkylation sites (tertiary alicyclic amines) is 1. The summed E-state index contributed by atoms with van der Waals surface area (Å²) in [5.41, 5.74) is 5.33. The van der Waals surface area contributed by atoms with E-state index >= 15 is 0 Å². The van der Waals surface area contributed by atoms with Crippen LogP contribution in [-0.2, 0) is 0 Å². The summed E-state index contributed by atoms with van der Waals surface area (Å²) in [6.45, 7) is 4.24. The van der Waals surface area contributed by atoms with Crippen molar-refractivity contribution in [2.75, 3.05) is 19.6 Å². The van der Waals surface area contributed by atoms with Gasteiger partial charge in [-0.25, -0.2) is 0 Å². The Morgan fingerprint density at radius 2 is 2.42 bits per heavy atom. The second kappa shape index (κ2) is 4.46. The van der Waals surface area contributed by atoms with Gasteiger partial charge >= 0.3 is 0 Å². The number of hydrogen-bond acceptors (Lipinski definition) is 4. The van der Waals surface area contributed by atoms with E-state index in [9.17, 15) is 5.11 Å². The van der Waals surface area contributed by atoms with Gasteiger partial charge in [0.15, 0.2) is 0 Å². The van der Waals surface area contributed by atoms with Crippen LogP contribution >= 0.6 is 12.6 Å². The van der Waals surface area contributed by atoms with E-state index in [2.05, 4.69) is 24.5 Å². The molecule has 1 rings (SSSR count). The molecule has 0 aromatic carbocycles. The summed E-state index contributed by atoms with van der Waals surface area (Å²) in [4.78, 5) is 2.19. The molecule has 0 aromatic heterocycles.